The van der Waals surface area contributed by atoms with Crippen LogP contribution in [0.15, 0.2) is 0 Å². The molecule has 44 valence electrons. The summed E-state index contributed by atoms with van der Waals surface area (Å²) in [5.41, 5.74) is 0. The molecule has 0 aliphatic rings. The van der Waals surface area contributed by atoms with Gasteiger partial charge >= 0.3 is 0 Å². The van der Waals surface area contributed by atoms with Crippen molar-refractivity contribution in [3.8, 4) is 0 Å². The monoisotopic (exact) mass is 119 g/mol. The molecule has 0 saturated heterocycles. The van der Waals surface area contributed by atoms with Crippen LogP contribution in [0.3, 0.4) is 0 Å². The molecule has 0 N–H and O–H groups in total. The molecular formula is C5H13NS. The summed E-state index contributed by atoms with van der Waals surface area (Å²) < 4.78 is 0. The van der Waals surface area contributed by atoms with Gasteiger partial charge in [-0.25, -0.2) is 0 Å². The van der Waals surface area contributed by atoms with Gasteiger partial charge in [0.2, 0.25) is 0 Å². The van der Waals surface area contributed by atoms with E-state index in [0.29, 0.717) is 6.04 Å². The van der Waals surface area contributed by atoms with Crippen LogP contribution in [0.2, 0.25) is 0 Å². The van der Waals surface area contributed by atoms with Gasteiger partial charge in [-0.3, -0.25) is 0 Å². The smallest absolute Gasteiger partial charge is 0.0149 e. The van der Waals surface area contributed by atoms with Gasteiger partial charge in [0.25, 0.3) is 0 Å². The first-order chi connectivity index (χ1) is 3.18. The number of hydrogen-bond donors (Lipinski definition) is 1. The van der Waals surface area contributed by atoms with Crippen molar-refractivity contribution in [2.75, 3.05) is 19.8 Å². The van der Waals surface area contributed by atoms with E-state index in [1.54, 1.807) is 0 Å². The van der Waals surface area contributed by atoms with Crippen molar-refractivity contribution in [2.24, 2.45) is 0 Å². The average molecular weight is 119 g/mol. The second kappa shape index (κ2) is 3.33. The summed E-state index contributed by atoms with van der Waals surface area (Å²) in [4.78, 5) is 2.15. The lowest BCUT2D eigenvalue weighted by atomic mass is 10.4. The molecule has 2 heteroatoms. The summed E-state index contributed by atoms with van der Waals surface area (Å²) >= 11 is 4.11. The predicted octanol–water partition coefficient (Wildman–Crippen LogP) is 0.866. The zero-order chi connectivity index (χ0) is 5.86. The van der Waals surface area contributed by atoms with E-state index in [2.05, 4.69) is 38.5 Å². The molecule has 0 amide bonds. The lowest BCUT2D eigenvalue weighted by Crippen LogP contribution is -2.25. The third-order valence-corrected chi connectivity index (χ3v) is 1.67. The fourth-order valence-electron chi connectivity index (χ4n) is 0.163. The number of rotatable bonds is 2. The Morgan fingerprint density at radius 2 is 2.00 bits per heavy atom. The Balaban J connectivity index is 3.14. The maximum atomic E-state index is 4.11. The van der Waals surface area contributed by atoms with Crippen molar-refractivity contribution in [3.05, 3.63) is 0 Å². The molecule has 0 radical (unpaired) electrons. The van der Waals surface area contributed by atoms with Crippen molar-refractivity contribution in [3.63, 3.8) is 0 Å². The fraction of sp³-hybridized carbons (Fsp3) is 1.00. The predicted molar refractivity (Wildman–Crippen MR) is 37.0 cm³/mol. The van der Waals surface area contributed by atoms with Crippen LogP contribution < -0.4 is 0 Å². The molecule has 7 heavy (non-hydrogen) atoms. The van der Waals surface area contributed by atoms with Gasteiger partial charge < -0.3 is 4.90 Å². The van der Waals surface area contributed by atoms with Crippen LogP contribution in [0, 0.1) is 0 Å². The molecule has 0 bridgehead atoms. The van der Waals surface area contributed by atoms with Gasteiger partial charge in [-0.2, -0.15) is 12.6 Å². The Morgan fingerprint density at radius 3 is 2.00 bits per heavy atom. The molecule has 0 heterocycles. The topological polar surface area (TPSA) is 3.24 Å². The van der Waals surface area contributed by atoms with Crippen molar-refractivity contribution in [2.45, 2.75) is 13.0 Å². The lowest BCUT2D eigenvalue weighted by molar-refractivity contribution is 0.340. The molecule has 1 nitrogen and oxygen atoms in total. The Hall–Kier alpha value is 0.310. The van der Waals surface area contributed by atoms with Crippen LogP contribution in [0.4, 0.5) is 0 Å². The molecule has 1 unspecified atom stereocenters. The minimum Gasteiger partial charge on any atom is -0.306 e. The standard InChI is InChI=1S/C5H13NS/c1-5(4-7)6(2)3/h5,7H,4H2,1-3H3. The normalized spacial score (nSPS) is 15.0. The first-order valence-corrected chi connectivity index (χ1v) is 3.09. The van der Waals surface area contributed by atoms with E-state index in [4.69, 9.17) is 0 Å². The summed E-state index contributed by atoms with van der Waals surface area (Å²) in [6.45, 7) is 2.15. The van der Waals surface area contributed by atoms with Crippen LogP contribution in [0.25, 0.3) is 0 Å². The number of hydrogen-bond acceptors (Lipinski definition) is 2. The number of thiol groups is 1. The highest BCUT2D eigenvalue weighted by molar-refractivity contribution is 7.80. The molecule has 0 aliphatic carbocycles. The van der Waals surface area contributed by atoms with Gasteiger partial charge in [0.05, 0.1) is 0 Å². The summed E-state index contributed by atoms with van der Waals surface area (Å²) in [6, 6.07) is 0.600. The maximum absolute atomic E-state index is 4.11. The van der Waals surface area contributed by atoms with Gasteiger partial charge in [-0.05, 0) is 21.0 Å². The number of nitrogens with zero attached hydrogens (tertiary/aromatic N) is 1. The van der Waals surface area contributed by atoms with Gasteiger partial charge in [-0.15, -0.1) is 0 Å². The molecule has 0 saturated carbocycles. The van der Waals surface area contributed by atoms with E-state index in [1.165, 1.54) is 0 Å². The second-order valence-electron chi connectivity index (χ2n) is 2.00. The maximum Gasteiger partial charge on any atom is 0.0149 e. The quantitative estimate of drug-likeness (QED) is 0.528. The van der Waals surface area contributed by atoms with E-state index in [0.717, 1.165) is 5.75 Å². The molecule has 1 atom stereocenters. The van der Waals surface area contributed by atoms with Crippen molar-refractivity contribution in [1.82, 2.24) is 4.90 Å². The molecule has 0 rings (SSSR count). The first kappa shape index (κ1) is 7.31. The second-order valence-corrected chi connectivity index (χ2v) is 2.36. The Labute approximate surface area is 51.1 Å². The van der Waals surface area contributed by atoms with Gasteiger partial charge in [0.1, 0.15) is 0 Å². The molecule has 0 aromatic heterocycles. The SMILES string of the molecule is CC(CS)N(C)C. The summed E-state index contributed by atoms with van der Waals surface area (Å²) in [5.74, 6) is 0.938. The average Bonchev–Trinajstić information content (AvgIpc) is 1.65. The van der Waals surface area contributed by atoms with Crippen molar-refractivity contribution in [1.29, 1.82) is 0 Å². The van der Waals surface area contributed by atoms with Gasteiger partial charge in [-0.1, -0.05) is 0 Å². The molecular weight excluding hydrogens is 106 g/mol. The minimum absolute atomic E-state index is 0.600. The fourth-order valence-corrected chi connectivity index (χ4v) is 0.490. The summed E-state index contributed by atoms with van der Waals surface area (Å²) in [7, 11) is 4.11. The Morgan fingerprint density at radius 1 is 1.57 bits per heavy atom. The van der Waals surface area contributed by atoms with E-state index in [-0.39, 0.29) is 0 Å². The van der Waals surface area contributed by atoms with E-state index in [1.807, 2.05) is 0 Å². The zero-order valence-electron chi connectivity index (χ0n) is 5.18. The van der Waals surface area contributed by atoms with E-state index < -0.39 is 0 Å². The van der Waals surface area contributed by atoms with Gasteiger partial charge in [0.15, 0.2) is 0 Å². The van der Waals surface area contributed by atoms with Crippen LogP contribution in [-0.4, -0.2) is 30.8 Å². The van der Waals surface area contributed by atoms with Crippen LogP contribution in [-0.2, 0) is 0 Å². The molecule has 0 spiro atoms. The minimum atomic E-state index is 0.600. The van der Waals surface area contributed by atoms with Crippen molar-refractivity contribution < 1.29 is 0 Å². The van der Waals surface area contributed by atoms with E-state index in [9.17, 15) is 0 Å². The van der Waals surface area contributed by atoms with Crippen molar-refractivity contribution >= 4 is 12.6 Å². The van der Waals surface area contributed by atoms with Gasteiger partial charge in [0, 0.05) is 11.8 Å². The van der Waals surface area contributed by atoms with Crippen LogP contribution in [0.5, 0.6) is 0 Å². The largest absolute Gasteiger partial charge is 0.306 e. The summed E-state index contributed by atoms with van der Waals surface area (Å²) in [5, 5.41) is 0. The highest BCUT2D eigenvalue weighted by atomic mass is 32.1. The first-order valence-electron chi connectivity index (χ1n) is 2.45. The molecule has 0 aliphatic heterocycles. The highest BCUT2D eigenvalue weighted by Crippen LogP contribution is 1.91. The molecule has 0 fully saturated rings. The zero-order valence-corrected chi connectivity index (χ0v) is 6.07. The summed E-state index contributed by atoms with van der Waals surface area (Å²) in [6.07, 6.45) is 0. The van der Waals surface area contributed by atoms with Crippen LogP contribution >= 0.6 is 12.6 Å². The Kier molecular flexibility index (Phi) is 3.48. The van der Waals surface area contributed by atoms with E-state index >= 15 is 0 Å². The highest BCUT2D eigenvalue weighted by Gasteiger charge is 1.97. The van der Waals surface area contributed by atoms with Crippen LogP contribution in [0.1, 0.15) is 6.92 Å². The molecule has 0 aromatic rings. The Bertz CT molecular complexity index is 45.3. The third-order valence-electron chi connectivity index (χ3n) is 1.15. The third kappa shape index (κ3) is 2.94. The lowest BCUT2D eigenvalue weighted by Gasteiger charge is -2.15. The molecule has 0 aromatic carbocycles.